The van der Waals surface area contributed by atoms with Gasteiger partial charge in [0.2, 0.25) is 0 Å². The number of amides is 1. The highest BCUT2D eigenvalue weighted by Gasteiger charge is 2.14. The minimum Gasteiger partial charge on any atom is -0.491 e. The summed E-state index contributed by atoms with van der Waals surface area (Å²) in [7, 11) is 0. The van der Waals surface area contributed by atoms with E-state index in [0.29, 0.717) is 49.2 Å². The highest BCUT2D eigenvalue weighted by atomic mass is 32.1. The lowest BCUT2D eigenvalue weighted by Crippen LogP contribution is -2.34. The van der Waals surface area contributed by atoms with Crippen LogP contribution in [0.1, 0.15) is 17.3 Å². The Balaban J connectivity index is 1.50. The van der Waals surface area contributed by atoms with Crippen molar-refractivity contribution in [2.24, 2.45) is 0 Å². The van der Waals surface area contributed by atoms with Gasteiger partial charge in [-0.2, -0.15) is 0 Å². The zero-order valence-electron chi connectivity index (χ0n) is 19.0. The van der Waals surface area contributed by atoms with Gasteiger partial charge in [-0.25, -0.2) is 0 Å². The zero-order chi connectivity index (χ0) is 24.0. The van der Waals surface area contributed by atoms with Crippen molar-refractivity contribution in [2.75, 3.05) is 38.4 Å². The van der Waals surface area contributed by atoms with E-state index in [-0.39, 0.29) is 17.6 Å². The first kappa shape index (κ1) is 25.0. The number of benzene rings is 3. The normalized spacial score (nSPS) is 10.3. The molecule has 0 heterocycles. The number of thiocarbonyl (C=S) groups is 1. The summed E-state index contributed by atoms with van der Waals surface area (Å²) in [6, 6.07) is 23.8. The van der Waals surface area contributed by atoms with E-state index >= 15 is 0 Å². The minimum atomic E-state index is -0.374. The Morgan fingerprint density at radius 1 is 0.794 bits per heavy atom. The van der Waals surface area contributed by atoms with E-state index in [4.69, 9.17) is 31.2 Å². The molecule has 0 aliphatic heterocycles. The molecule has 0 saturated carbocycles. The third-order valence-electron chi connectivity index (χ3n) is 4.50. The van der Waals surface area contributed by atoms with Crippen LogP contribution in [0.5, 0.6) is 17.2 Å². The number of hydrogen-bond acceptors (Lipinski definition) is 6. The second-order valence-electron chi connectivity index (χ2n) is 6.99. The van der Waals surface area contributed by atoms with Crippen LogP contribution in [-0.2, 0) is 4.74 Å². The first-order valence-electron chi connectivity index (χ1n) is 11.0. The lowest BCUT2D eigenvalue weighted by molar-refractivity contribution is 0.0972. The van der Waals surface area contributed by atoms with Crippen molar-refractivity contribution in [1.29, 1.82) is 0 Å². The van der Waals surface area contributed by atoms with Gasteiger partial charge >= 0.3 is 0 Å². The number of carbonyl (C=O) groups excluding carboxylic acids is 1. The molecule has 0 aliphatic carbocycles. The summed E-state index contributed by atoms with van der Waals surface area (Å²) in [6.45, 7) is 4.19. The van der Waals surface area contributed by atoms with E-state index in [0.717, 1.165) is 5.75 Å². The molecule has 0 fully saturated rings. The average Bonchev–Trinajstić information content (AvgIpc) is 2.85. The highest BCUT2D eigenvalue weighted by molar-refractivity contribution is 7.80. The van der Waals surface area contributed by atoms with Crippen LogP contribution < -0.4 is 24.8 Å². The first-order valence-corrected chi connectivity index (χ1v) is 11.4. The number of hydrogen-bond donors (Lipinski definition) is 2. The number of rotatable bonds is 12. The maximum atomic E-state index is 12.8. The Morgan fingerprint density at radius 3 is 2.29 bits per heavy atom. The highest BCUT2D eigenvalue weighted by Crippen LogP contribution is 2.19. The lowest BCUT2D eigenvalue weighted by Gasteiger charge is -2.14. The predicted octanol–water partition coefficient (Wildman–Crippen LogP) is 4.69. The zero-order valence-corrected chi connectivity index (χ0v) is 19.8. The first-order chi connectivity index (χ1) is 16.7. The van der Waals surface area contributed by atoms with Crippen molar-refractivity contribution in [3.8, 4) is 17.2 Å². The second-order valence-corrected chi connectivity index (χ2v) is 7.40. The third kappa shape index (κ3) is 8.38. The van der Waals surface area contributed by atoms with Crippen LogP contribution in [-0.4, -0.2) is 44.1 Å². The number of nitrogens with one attached hydrogen (secondary N) is 2. The molecule has 0 radical (unpaired) electrons. The molecule has 3 aromatic rings. The van der Waals surface area contributed by atoms with E-state index in [1.807, 2.05) is 55.5 Å². The molecule has 0 atom stereocenters. The summed E-state index contributed by atoms with van der Waals surface area (Å²) in [5.41, 5.74) is 1.07. The van der Waals surface area contributed by atoms with E-state index < -0.39 is 0 Å². The molecule has 178 valence electrons. The van der Waals surface area contributed by atoms with Crippen LogP contribution in [0.15, 0.2) is 78.9 Å². The van der Waals surface area contributed by atoms with Crippen molar-refractivity contribution < 1.29 is 23.7 Å². The van der Waals surface area contributed by atoms with Crippen LogP contribution >= 0.6 is 12.2 Å². The van der Waals surface area contributed by atoms with E-state index in [2.05, 4.69) is 10.6 Å². The summed E-state index contributed by atoms with van der Waals surface area (Å²) in [5, 5.41) is 5.86. The molecule has 2 N–H and O–H groups in total. The molecule has 0 bridgehead atoms. The van der Waals surface area contributed by atoms with E-state index in [1.54, 1.807) is 30.3 Å². The van der Waals surface area contributed by atoms with Gasteiger partial charge in [-0.1, -0.05) is 36.4 Å². The maximum absolute atomic E-state index is 12.8. The molecule has 0 spiro atoms. The van der Waals surface area contributed by atoms with Gasteiger partial charge in [-0.3, -0.25) is 10.1 Å². The summed E-state index contributed by atoms with van der Waals surface area (Å²) < 4.78 is 22.3. The molecule has 7 nitrogen and oxygen atoms in total. The van der Waals surface area contributed by atoms with Crippen LogP contribution in [0.3, 0.4) is 0 Å². The molecule has 0 saturated heterocycles. The Labute approximate surface area is 205 Å². The van der Waals surface area contributed by atoms with Gasteiger partial charge in [0.15, 0.2) is 5.11 Å². The van der Waals surface area contributed by atoms with E-state index in [9.17, 15) is 4.79 Å². The molecule has 3 aromatic carbocycles. The van der Waals surface area contributed by atoms with Crippen molar-refractivity contribution in [3.05, 3.63) is 84.4 Å². The van der Waals surface area contributed by atoms with Crippen LogP contribution in [0, 0.1) is 0 Å². The van der Waals surface area contributed by atoms with Gasteiger partial charge in [-0.05, 0) is 55.5 Å². The maximum Gasteiger partial charge on any atom is 0.261 e. The van der Waals surface area contributed by atoms with Crippen LogP contribution in [0.4, 0.5) is 5.69 Å². The largest absolute Gasteiger partial charge is 0.491 e. The topological polar surface area (TPSA) is 78.1 Å². The van der Waals surface area contributed by atoms with Crippen LogP contribution in [0.2, 0.25) is 0 Å². The molecule has 34 heavy (non-hydrogen) atoms. The lowest BCUT2D eigenvalue weighted by atomic mass is 10.2. The Hall–Kier alpha value is -3.62. The standard InChI is InChI=1S/C26H28N2O5S/c1-2-30-15-16-32-22-12-8-9-20(19-22)27-26(34)28-25(29)23-13-6-7-14-24(23)33-18-17-31-21-10-4-3-5-11-21/h3-14,19H,2,15-18H2,1H3,(H2,27,28,29,34). The van der Waals surface area contributed by atoms with Crippen molar-refractivity contribution in [1.82, 2.24) is 5.32 Å². The number of carbonyl (C=O) groups is 1. The SMILES string of the molecule is CCOCCOc1cccc(NC(=S)NC(=O)c2ccccc2OCCOc2ccccc2)c1. The van der Waals surface area contributed by atoms with Gasteiger partial charge in [-0.15, -0.1) is 0 Å². The fourth-order valence-corrected chi connectivity index (χ4v) is 3.18. The van der Waals surface area contributed by atoms with Gasteiger partial charge in [0.05, 0.1) is 12.2 Å². The molecule has 3 rings (SSSR count). The predicted molar refractivity (Wildman–Crippen MR) is 136 cm³/mol. The minimum absolute atomic E-state index is 0.165. The molecule has 8 heteroatoms. The van der Waals surface area contributed by atoms with Gasteiger partial charge in [0.25, 0.3) is 5.91 Å². The fourth-order valence-electron chi connectivity index (χ4n) is 2.97. The molecule has 1 amide bonds. The number of anilines is 1. The molecule has 0 unspecified atom stereocenters. The monoisotopic (exact) mass is 480 g/mol. The Bertz CT molecular complexity index is 1060. The van der Waals surface area contributed by atoms with Gasteiger partial charge in [0, 0.05) is 18.4 Å². The molecule has 0 aromatic heterocycles. The van der Waals surface area contributed by atoms with Crippen LogP contribution in [0.25, 0.3) is 0 Å². The fraction of sp³-hybridized carbons (Fsp3) is 0.231. The van der Waals surface area contributed by atoms with Gasteiger partial charge < -0.3 is 24.3 Å². The number of para-hydroxylation sites is 2. The van der Waals surface area contributed by atoms with Gasteiger partial charge in [0.1, 0.15) is 37.1 Å². The quantitative estimate of drug-likeness (QED) is 0.288. The van der Waals surface area contributed by atoms with E-state index in [1.165, 1.54) is 0 Å². The summed E-state index contributed by atoms with van der Waals surface area (Å²) in [6.07, 6.45) is 0. The molecular formula is C26H28N2O5S. The van der Waals surface area contributed by atoms with Crippen molar-refractivity contribution >= 4 is 28.9 Å². The van der Waals surface area contributed by atoms with Crippen molar-refractivity contribution in [3.63, 3.8) is 0 Å². The Morgan fingerprint density at radius 2 is 1.47 bits per heavy atom. The third-order valence-corrected chi connectivity index (χ3v) is 4.71. The Kier molecular flexibility index (Phi) is 10.2. The summed E-state index contributed by atoms with van der Waals surface area (Å²) in [4.78, 5) is 12.8. The average molecular weight is 481 g/mol. The molecular weight excluding hydrogens is 452 g/mol. The summed E-state index contributed by atoms with van der Waals surface area (Å²) >= 11 is 5.32. The number of ether oxygens (including phenoxy) is 4. The summed E-state index contributed by atoms with van der Waals surface area (Å²) in [5.74, 6) is 1.51. The second kappa shape index (κ2) is 13.8. The molecule has 0 aliphatic rings. The van der Waals surface area contributed by atoms with Crippen molar-refractivity contribution in [2.45, 2.75) is 6.92 Å². The smallest absolute Gasteiger partial charge is 0.261 e.